The number of nitrogens with zero attached hydrogens (tertiary/aromatic N) is 3. The Balaban J connectivity index is 1.92. The third-order valence-corrected chi connectivity index (χ3v) is 3.96. The normalized spacial score (nSPS) is 17.4. The molecule has 2 heterocycles. The van der Waals surface area contributed by atoms with E-state index in [0.717, 1.165) is 18.5 Å². The Kier molecular flexibility index (Phi) is 3.39. The molecule has 1 unspecified atom stereocenters. The lowest BCUT2D eigenvalue weighted by atomic mass is 9.96. The van der Waals surface area contributed by atoms with Crippen molar-refractivity contribution in [3.63, 3.8) is 0 Å². The first-order chi connectivity index (χ1) is 9.78. The van der Waals surface area contributed by atoms with Crippen molar-refractivity contribution in [2.24, 2.45) is 0 Å². The number of aryl methyl sites for hydroxylation is 1. The maximum absolute atomic E-state index is 8.95. The number of nitriles is 1. The zero-order valence-electron chi connectivity index (χ0n) is 11.6. The Morgan fingerprint density at radius 3 is 3.05 bits per heavy atom. The molecule has 1 atom stereocenters. The number of fused-ring (bicyclic) bond motifs is 1. The first-order valence-corrected chi connectivity index (χ1v) is 6.97. The third kappa shape index (κ3) is 2.37. The molecule has 0 spiro atoms. The number of hydrogen-bond donors (Lipinski definition) is 0. The fourth-order valence-corrected chi connectivity index (χ4v) is 2.83. The number of para-hydroxylation sites is 1. The van der Waals surface area contributed by atoms with E-state index in [0.29, 0.717) is 11.7 Å². The average molecular weight is 263 g/mol. The highest BCUT2D eigenvalue weighted by molar-refractivity contribution is 5.56. The molecule has 1 aromatic heterocycles. The summed E-state index contributed by atoms with van der Waals surface area (Å²) in [4.78, 5) is 6.46. The molecule has 1 aliphatic heterocycles. The molecule has 3 nitrogen and oxygen atoms in total. The summed E-state index contributed by atoms with van der Waals surface area (Å²) in [7, 11) is 0. The van der Waals surface area contributed by atoms with Crippen molar-refractivity contribution in [1.82, 2.24) is 4.98 Å². The average Bonchev–Trinajstić information content (AvgIpc) is 2.50. The van der Waals surface area contributed by atoms with Gasteiger partial charge in [0.05, 0.1) is 0 Å². The lowest BCUT2D eigenvalue weighted by Crippen LogP contribution is -2.36. The van der Waals surface area contributed by atoms with Crippen LogP contribution in [0.2, 0.25) is 0 Å². The molecule has 20 heavy (non-hydrogen) atoms. The molecule has 0 saturated carbocycles. The van der Waals surface area contributed by atoms with Crippen LogP contribution in [0, 0.1) is 11.3 Å². The predicted molar refractivity (Wildman–Crippen MR) is 79.4 cm³/mol. The molecular weight excluding hydrogens is 246 g/mol. The summed E-state index contributed by atoms with van der Waals surface area (Å²) in [5.74, 6) is 0. The Morgan fingerprint density at radius 2 is 2.20 bits per heavy atom. The number of pyridine rings is 1. The summed E-state index contributed by atoms with van der Waals surface area (Å²) in [5, 5.41) is 8.95. The van der Waals surface area contributed by atoms with E-state index in [1.54, 1.807) is 6.20 Å². The standard InChI is InChI=1S/C17H17N3/c1-13-6-7-15-4-2-3-5-17(15)20(13)12-14-8-9-19-16(10-14)11-18/h2-5,8-10,13H,6-7,12H2,1H3. The minimum atomic E-state index is 0.487. The molecule has 0 bridgehead atoms. The number of anilines is 1. The fourth-order valence-electron chi connectivity index (χ4n) is 2.83. The molecule has 0 radical (unpaired) electrons. The van der Waals surface area contributed by atoms with E-state index in [2.05, 4.69) is 47.1 Å². The second-order valence-electron chi connectivity index (χ2n) is 5.31. The zero-order valence-corrected chi connectivity index (χ0v) is 11.6. The summed E-state index contributed by atoms with van der Waals surface area (Å²) < 4.78 is 0. The van der Waals surface area contributed by atoms with Gasteiger partial charge in [-0.3, -0.25) is 0 Å². The van der Waals surface area contributed by atoms with Crippen LogP contribution in [0.3, 0.4) is 0 Å². The van der Waals surface area contributed by atoms with E-state index in [1.165, 1.54) is 17.7 Å². The molecule has 0 amide bonds. The molecular formula is C17H17N3. The van der Waals surface area contributed by atoms with Gasteiger partial charge in [-0.05, 0) is 49.1 Å². The van der Waals surface area contributed by atoms with Crippen LogP contribution in [-0.2, 0) is 13.0 Å². The molecule has 3 rings (SSSR count). The van der Waals surface area contributed by atoms with E-state index < -0.39 is 0 Å². The summed E-state index contributed by atoms with van der Waals surface area (Å²) in [6.45, 7) is 3.09. The van der Waals surface area contributed by atoms with Crippen molar-refractivity contribution in [2.75, 3.05) is 4.90 Å². The lowest BCUT2D eigenvalue weighted by Gasteiger charge is -2.37. The lowest BCUT2D eigenvalue weighted by molar-refractivity contribution is 0.560. The Labute approximate surface area is 119 Å². The highest BCUT2D eigenvalue weighted by atomic mass is 15.2. The van der Waals surface area contributed by atoms with Gasteiger partial charge in [-0.1, -0.05) is 18.2 Å². The van der Waals surface area contributed by atoms with Crippen molar-refractivity contribution in [3.8, 4) is 6.07 Å². The monoisotopic (exact) mass is 263 g/mol. The van der Waals surface area contributed by atoms with Gasteiger partial charge >= 0.3 is 0 Å². The van der Waals surface area contributed by atoms with Gasteiger partial charge < -0.3 is 4.90 Å². The first-order valence-electron chi connectivity index (χ1n) is 6.97. The number of benzene rings is 1. The quantitative estimate of drug-likeness (QED) is 0.834. The zero-order chi connectivity index (χ0) is 13.9. The second-order valence-corrected chi connectivity index (χ2v) is 5.31. The van der Waals surface area contributed by atoms with Crippen LogP contribution in [0.1, 0.15) is 30.2 Å². The van der Waals surface area contributed by atoms with Gasteiger partial charge in [-0.25, -0.2) is 4.98 Å². The van der Waals surface area contributed by atoms with Crippen molar-refractivity contribution >= 4 is 5.69 Å². The van der Waals surface area contributed by atoms with Gasteiger partial charge in [-0.2, -0.15) is 5.26 Å². The van der Waals surface area contributed by atoms with Gasteiger partial charge in [0.2, 0.25) is 0 Å². The molecule has 1 aliphatic rings. The molecule has 0 fully saturated rings. The Hall–Kier alpha value is -2.34. The largest absolute Gasteiger partial charge is 0.364 e. The van der Waals surface area contributed by atoms with Crippen LogP contribution in [0.4, 0.5) is 5.69 Å². The molecule has 0 saturated heterocycles. The first kappa shape index (κ1) is 12.7. The van der Waals surface area contributed by atoms with Crippen molar-refractivity contribution in [2.45, 2.75) is 32.4 Å². The molecule has 3 heteroatoms. The summed E-state index contributed by atoms with van der Waals surface area (Å²) in [6, 6.07) is 15.1. The molecule has 0 aliphatic carbocycles. The summed E-state index contributed by atoms with van der Waals surface area (Å²) in [5.41, 5.74) is 4.36. The van der Waals surface area contributed by atoms with Crippen LogP contribution in [0.25, 0.3) is 0 Å². The molecule has 2 aromatic rings. The van der Waals surface area contributed by atoms with Crippen LogP contribution < -0.4 is 4.90 Å². The topological polar surface area (TPSA) is 39.9 Å². The maximum atomic E-state index is 8.95. The van der Waals surface area contributed by atoms with E-state index in [-0.39, 0.29) is 0 Å². The van der Waals surface area contributed by atoms with Crippen molar-refractivity contribution in [1.29, 1.82) is 5.26 Å². The van der Waals surface area contributed by atoms with Crippen LogP contribution in [-0.4, -0.2) is 11.0 Å². The van der Waals surface area contributed by atoms with Crippen LogP contribution >= 0.6 is 0 Å². The SMILES string of the molecule is CC1CCc2ccccc2N1Cc1ccnc(C#N)c1. The highest BCUT2D eigenvalue weighted by Crippen LogP contribution is 2.31. The van der Waals surface area contributed by atoms with Crippen molar-refractivity contribution in [3.05, 3.63) is 59.4 Å². The summed E-state index contributed by atoms with van der Waals surface area (Å²) in [6.07, 6.45) is 4.04. The van der Waals surface area contributed by atoms with Gasteiger partial charge in [-0.15, -0.1) is 0 Å². The smallest absolute Gasteiger partial charge is 0.140 e. The predicted octanol–water partition coefficient (Wildman–Crippen LogP) is 3.29. The molecule has 1 aromatic carbocycles. The highest BCUT2D eigenvalue weighted by Gasteiger charge is 2.22. The third-order valence-electron chi connectivity index (χ3n) is 3.96. The molecule has 100 valence electrons. The van der Waals surface area contributed by atoms with Crippen LogP contribution in [0.5, 0.6) is 0 Å². The summed E-state index contributed by atoms with van der Waals surface area (Å²) >= 11 is 0. The number of rotatable bonds is 2. The van der Waals surface area contributed by atoms with Crippen molar-refractivity contribution < 1.29 is 0 Å². The molecule has 0 N–H and O–H groups in total. The van der Waals surface area contributed by atoms with Gasteiger partial charge in [0.15, 0.2) is 0 Å². The minimum absolute atomic E-state index is 0.487. The van der Waals surface area contributed by atoms with Crippen LogP contribution in [0.15, 0.2) is 42.6 Å². The fraction of sp³-hybridized carbons (Fsp3) is 0.294. The van der Waals surface area contributed by atoms with E-state index in [9.17, 15) is 0 Å². The van der Waals surface area contributed by atoms with E-state index in [4.69, 9.17) is 5.26 Å². The Morgan fingerprint density at radius 1 is 1.35 bits per heavy atom. The second kappa shape index (κ2) is 5.34. The Bertz CT molecular complexity index is 657. The number of hydrogen-bond acceptors (Lipinski definition) is 3. The van der Waals surface area contributed by atoms with E-state index in [1.807, 2.05) is 12.1 Å². The minimum Gasteiger partial charge on any atom is -0.364 e. The maximum Gasteiger partial charge on any atom is 0.140 e. The van der Waals surface area contributed by atoms with E-state index >= 15 is 0 Å². The number of aromatic nitrogens is 1. The van der Waals surface area contributed by atoms with Gasteiger partial charge in [0.25, 0.3) is 0 Å². The van der Waals surface area contributed by atoms with Gasteiger partial charge in [0, 0.05) is 24.5 Å². The van der Waals surface area contributed by atoms with Gasteiger partial charge in [0.1, 0.15) is 11.8 Å².